The van der Waals surface area contributed by atoms with Gasteiger partial charge in [0.15, 0.2) is 6.61 Å². The van der Waals surface area contributed by atoms with Crippen molar-refractivity contribution in [2.24, 2.45) is 0 Å². The molecule has 1 amide bonds. The zero-order chi connectivity index (χ0) is 20.1. The number of nitrogens with zero attached hydrogens (tertiary/aromatic N) is 1. The maximum absolute atomic E-state index is 12.6. The summed E-state index contributed by atoms with van der Waals surface area (Å²) >= 11 is 0. The first kappa shape index (κ1) is 19.2. The molecule has 0 spiro atoms. The number of amides is 1. The summed E-state index contributed by atoms with van der Waals surface area (Å²) in [4.78, 5) is 24.6. The van der Waals surface area contributed by atoms with Crippen LogP contribution in [0.4, 0.5) is 0 Å². The molecule has 3 rings (SSSR count). The minimum absolute atomic E-state index is 0.104. The molecule has 0 aliphatic heterocycles. The molecule has 0 aliphatic rings. The number of carbonyl (C=O) groups is 1. The standard InChI is InChI=1S/C22H23N3O3/c1-15-9-10-19(13-16(15)2)28-14-21(26)23-12-11-20-17(3)24-25(22(20)27)18-7-5-4-6-8-18/h4-13,24H,14H2,1-3H3,(H,23,26)/b12-11+. The lowest BCUT2D eigenvalue weighted by atomic mass is 10.1. The molecule has 6 nitrogen and oxygen atoms in total. The fourth-order valence-corrected chi connectivity index (χ4v) is 2.73. The van der Waals surface area contributed by atoms with Crippen molar-refractivity contribution in [2.45, 2.75) is 20.8 Å². The molecular weight excluding hydrogens is 354 g/mol. The molecule has 144 valence electrons. The second kappa shape index (κ2) is 8.43. The van der Waals surface area contributed by atoms with E-state index in [4.69, 9.17) is 4.74 Å². The summed E-state index contributed by atoms with van der Waals surface area (Å²) in [5, 5.41) is 5.66. The fourth-order valence-electron chi connectivity index (χ4n) is 2.73. The van der Waals surface area contributed by atoms with Gasteiger partial charge >= 0.3 is 0 Å². The number of aromatic nitrogens is 2. The van der Waals surface area contributed by atoms with E-state index < -0.39 is 0 Å². The van der Waals surface area contributed by atoms with E-state index in [1.807, 2.05) is 69.3 Å². The molecule has 0 atom stereocenters. The lowest BCUT2D eigenvalue weighted by Crippen LogP contribution is -2.24. The molecular formula is C22H23N3O3. The Morgan fingerprint density at radius 2 is 1.86 bits per heavy atom. The Labute approximate surface area is 163 Å². The number of rotatable bonds is 6. The van der Waals surface area contributed by atoms with Gasteiger partial charge in [0.2, 0.25) is 0 Å². The van der Waals surface area contributed by atoms with Crippen LogP contribution in [0.3, 0.4) is 0 Å². The molecule has 6 heteroatoms. The minimum atomic E-state index is -0.300. The van der Waals surface area contributed by atoms with E-state index in [0.29, 0.717) is 17.0 Å². The van der Waals surface area contributed by atoms with Gasteiger partial charge in [-0.25, -0.2) is 4.68 Å². The molecule has 0 unspecified atom stereocenters. The Hall–Kier alpha value is -3.54. The smallest absolute Gasteiger partial charge is 0.278 e. The highest BCUT2D eigenvalue weighted by atomic mass is 16.5. The Kier molecular flexibility index (Phi) is 5.79. The zero-order valence-electron chi connectivity index (χ0n) is 16.2. The summed E-state index contributed by atoms with van der Waals surface area (Å²) in [5.74, 6) is 0.348. The van der Waals surface area contributed by atoms with Gasteiger partial charge in [-0.15, -0.1) is 0 Å². The average Bonchev–Trinajstić information content (AvgIpc) is 2.98. The van der Waals surface area contributed by atoms with Crippen LogP contribution in [0.15, 0.2) is 59.5 Å². The quantitative estimate of drug-likeness (QED) is 0.692. The normalized spacial score (nSPS) is 11.0. The Morgan fingerprint density at radius 3 is 2.57 bits per heavy atom. The average molecular weight is 377 g/mol. The third kappa shape index (κ3) is 4.40. The van der Waals surface area contributed by atoms with E-state index in [2.05, 4.69) is 10.4 Å². The van der Waals surface area contributed by atoms with E-state index in [1.165, 1.54) is 16.4 Å². The second-order valence-electron chi connectivity index (χ2n) is 6.56. The third-order valence-electron chi connectivity index (χ3n) is 4.47. The van der Waals surface area contributed by atoms with Crippen LogP contribution >= 0.6 is 0 Å². The molecule has 2 N–H and O–H groups in total. The van der Waals surface area contributed by atoms with Crippen molar-refractivity contribution in [3.63, 3.8) is 0 Å². The maximum Gasteiger partial charge on any atom is 0.278 e. The number of hydrogen-bond acceptors (Lipinski definition) is 3. The van der Waals surface area contributed by atoms with Gasteiger partial charge in [0.25, 0.3) is 11.5 Å². The predicted molar refractivity (Wildman–Crippen MR) is 110 cm³/mol. The highest BCUT2D eigenvalue weighted by molar-refractivity contribution is 5.79. The molecule has 0 aliphatic carbocycles. The predicted octanol–water partition coefficient (Wildman–Crippen LogP) is 3.26. The number of ether oxygens (including phenoxy) is 1. The van der Waals surface area contributed by atoms with Gasteiger partial charge in [-0.05, 0) is 62.2 Å². The Bertz CT molecular complexity index is 1060. The summed E-state index contributed by atoms with van der Waals surface area (Å²) in [6.45, 7) is 5.72. The van der Waals surface area contributed by atoms with Gasteiger partial charge in [-0.3, -0.25) is 14.7 Å². The van der Waals surface area contributed by atoms with Gasteiger partial charge in [-0.1, -0.05) is 24.3 Å². The minimum Gasteiger partial charge on any atom is -0.484 e. The van der Waals surface area contributed by atoms with E-state index in [1.54, 1.807) is 6.08 Å². The number of H-pyrrole nitrogens is 1. The summed E-state index contributed by atoms with van der Waals surface area (Å²) in [6, 6.07) is 15.0. The van der Waals surface area contributed by atoms with Crippen LogP contribution < -0.4 is 15.6 Å². The fraction of sp³-hybridized carbons (Fsp3) is 0.182. The van der Waals surface area contributed by atoms with Crippen LogP contribution in [0.5, 0.6) is 5.75 Å². The second-order valence-corrected chi connectivity index (χ2v) is 6.56. The molecule has 1 aromatic heterocycles. The third-order valence-corrected chi connectivity index (χ3v) is 4.47. The van der Waals surface area contributed by atoms with Crippen molar-refractivity contribution in [1.82, 2.24) is 15.1 Å². The van der Waals surface area contributed by atoms with Crippen molar-refractivity contribution in [2.75, 3.05) is 6.61 Å². The molecule has 28 heavy (non-hydrogen) atoms. The molecule has 1 heterocycles. The van der Waals surface area contributed by atoms with Gasteiger partial charge < -0.3 is 10.1 Å². The Morgan fingerprint density at radius 1 is 1.11 bits per heavy atom. The lowest BCUT2D eigenvalue weighted by Gasteiger charge is -2.07. The SMILES string of the molecule is Cc1ccc(OCC(=O)N/C=C/c2c(C)[nH]n(-c3ccccc3)c2=O)cc1C. The number of aryl methyl sites for hydroxylation is 3. The topological polar surface area (TPSA) is 76.1 Å². The van der Waals surface area contributed by atoms with E-state index >= 15 is 0 Å². The van der Waals surface area contributed by atoms with Crippen molar-refractivity contribution in [3.05, 3.63) is 87.5 Å². The first-order valence-electron chi connectivity index (χ1n) is 8.98. The van der Waals surface area contributed by atoms with Crippen LogP contribution in [0, 0.1) is 20.8 Å². The van der Waals surface area contributed by atoms with Crippen molar-refractivity contribution >= 4 is 12.0 Å². The summed E-state index contributed by atoms with van der Waals surface area (Å²) < 4.78 is 6.97. The number of benzene rings is 2. The first-order chi connectivity index (χ1) is 13.5. The van der Waals surface area contributed by atoms with Gasteiger partial charge in [-0.2, -0.15) is 0 Å². The highest BCUT2D eigenvalue weighted by Gasteiger charge is 2.10. The maximum atomic E-state index is 12.6. The van der Waals surface area contributed by atoms with Crippen molar-refractivity contribution < 1.29 is 9.53 Å². The highest BCUT2D eigenvalue weighted by Crippen LogP contribution is 2.16. The first-order valence-corrected chi connectivity index (χ1v) is 8.98. The molecule has 0 radical (unpaired) electrons. The Balaban J connectivity index is 1.61. The van der Waals surface area contributed by atoms with Crippen molar-refractivity contribution in [1.29, 1.82) is 0 Å². The molecule has 3 aromatic rings. The summed E-state index contributed by atoms with van der Waals surface area (Å²) in [5.41, 5.74) is 4.05. The molecule has 0 bridgehead atoms. The zero-order valence-corrected chi connectivity index (χ0v) is 16.2. The van der Waals surface area contributed by atoms with Crippen LogP contribution in [0.25, 0.3) is 11.8 Å². The van der Waals surface area contributed by atoms with E-state index in [9.17, 15) is 9.59 Å². The van der Waals surface area contributed by atoms with E-state index in [-0.39, 0.29) is 18.1 Å². The number of aromatic amines is 1. The summed E-state index contributed by atoms with van der Waals surface area (Å²) in [6.07, 6.45) is 3.04. The molecule has 0 saturated carbocycles. The van der Waals surface area contributed by atoms with E-state index in [0.717, 1.165) is 11.3 Å². The molecule has 0 saturated heterocycles. The van der Waals surface area contributed by atoms with Crippen LogP contribution in [0.1, 0.15) is 22.4 Å². The number of hydrogen-bond donors (Lipinski definition) is 2. The van der Waals surface area contributed by atoms with Crippen LogP contribution in [-0.2, 0) is 4.79 Å². The summed E-state index contributed by atoms with van der Waals surface area (Å²) in [7, 11) is 0. The monoisotopic (exact) mass is 377 g/mol. The van der Waals surface area contributed by atoms with Crippen LogP contribution in [0.2, 0.25) is 0 Å². The lowest BCUT2D eigenvalue weighted by molar-refractivity contribution is -0.122. The van der Waals surface area contributed by atoms with Gasteiger partial charge in [0.05, 0.1) is 11.3 Å². The number of nitrogens with one attached hydrogen (secondary N) is 2. The molecule has 0 fully saturated rings. The molecule has 2 aromatic carbocycles. The number of carbonyl (C=O) groups excluding carboxylic acids is 1. The largest absolute Gasteiger partial charge is 0.484 e. The van der Waals surface area contributed by atoms with Crippen LogP contribution in [-0.4, -0.2) is 22.3 Å². The number of para-hydroxylation sites is 1. The van der Waals surface area contributed by atoms with Crippen molar-refractivity contribution in [3.8, 4) is 11.4 Å². The van der Waals surface area contributed by atoms with Gasteiger partial charge in [0.1, 0.15) is 5.75 Å². The van der Waals surface area contributed by atoms with Gasteiger partial charge in [0, 0.05) is 11.9 Å².